The highest BCUT2D eigenvalue weighted by atomic mass is 16.8. The molecule has 0 saturated carbocycles. The number of aliphatic hydroxyl groups excluding tert-OH is 11. The van der Waals surface area contributed by atoms with Gasteiger partial charge in [-0.25, -0.2) is 0 Å². The van der Waals surface area contributed by atoms with Crippen molar-refractivity contribution in [3.05, 3.63) is 48.6 Å². The number of hydrogen-bond acceptors (Lipinski definition) is 18. The fourth-order valence-electron chi connectivity index (χ4n) is 11.5. The van der Waals surface area contributed by atoms with Crippen LogP contribution in [0.15, 0.2) is 48.6 Å². The molecule has 19 nitrogen and oxygen atoms in total. The number of ether oxygens (including phenoxy) is 6. The van der Waals surface area contributed by atoms with Crippen LogP contribution < -0.4 is 5.32 Å². The molecule has 1 amide bonds. The molecule has 0 aromatic carbocycles. The molecular weight excluding hydrogens is 1120 g/mol. The number of amides is 1. The molecule has 0 spiro atoms. The molecule has 3 heterocycles. The zero-order valence-electron chi connectivity index (χ0n) is 53.5. The van der Waals surface area contributed by atoms with Crippen molar-refractivity contribution < 1.29 is 89.4 Å². The topological polar surface area (TPSA) is 307 Å². The van der Waals surface area contributed by atoms with E-state index in [1.165, 1.54) is 167 Å². The van der Waals surface area contributed by atoms with E-state index in [0.717, 1.165) is 44.9 Å². The van der Waals surface area contributed by atoms with Crippen molar-refractivity contribution in [2.24, 2.45) is 0 Å². The first kappa shape index (κ1) is 79.0. The minimum absolute atomic E-state index is 0.235. The van der Waals surface area contributed by atoms with E-state index in [2.05, 4.69) is 55.6 Å². The van der Waals surface area contributed by atoms with Crippen LogP contribution >= 0.6 is 0 Å². The SMILES string of the molecule is CCCCCCC/C=C\C/C=C\CCCCCCCCCCCCCCCCCC(=O)NC(COC1OC(CO)C(OC2OC(CO)C(OC3OC(CO)C(O)C(O)C3O)C(O)C2O)C(O)C1O)C(O)/C=C/CC/C=C/CCCCCCCCCCC. The molecule has 3 saturated heterocycles. The zero-order chi connectivity index (χ0) is 63.3. The average molecular weight is 1240 g/mol. The van der Waals surface area contributed by atoms with Crippen molar-refractivity contribution in [3.63, 3.8) is 0 Å². The summed E-state index contributed by atoms with van der Waals surface area (Å²) in [5.41, 5.74) is 0. The highest BCUT2D eigenvalue weighted by molar-refractivity contribution is 5.76. The monoisotopic (exact) mass is 1240 g/mol. The lowest BCUT2D eigenvalue weighted by molar-refractivity contribution is -0.379. The molecule has 0 aromatic rings. The van der Waals surface area contributed by atoms with Crippen molar-refractivity contribution in [2.75, 3.05) is 26.4 Å². The van der Waals surface area contributed by atoms with Gasteiger partial charge in [-0.1, -0.05) is 223 Å². The van der Waals surface area contributed by atoms with Gasteiger partial charge in [0.2, 0.25) is 5.91 Å². The molecule has 3 fully saturated rings. The molecule has 3 rings (SSSR count). The van der Waals surface area contributed by atoms with Gasteiger partial charge in [0.05, 0.1) is 38.6 Å². The van der Waals surface area contributed by atoms with Gasteiger partial charge < -0.3 is 89.9 Å². The van der Waals surface area contributed by atoms with Gasteiger partial charge >= 0.3 is 0 Å². The Kier molecular flexibility index (Phi) is 45.7. The normalized spacial score (nSPS) is 28.9. The van der Waals surface area contributed by atoms with Gasteiger partial charge in [-0.05, 0) is 64.2 Å². The van der Waals surface area contributed by atoms with Gasteiger partial charge in [0.25, 0.3) is 0 Å². The van der Waals surface area contributed by atoms with Crippen LogP contribution in [0.5, 0.6) is 0 Å². The van der Waals surface area contributed by atoms with Crippen LogP contribution in [0, 0.1) is 0 Å². The summed E-state index contributed by atoms with van der Waals surface area (Å²) in [7, 11) is 0. The molecule has 19 heteroatoms. The molecule has 0 bridgehead atoms. The predicted molar refractivity (Wildman–Crippen MR) is 337 cm³/mol. The molecule has 87 heavy (non-hydrogen) atoms. The quantitative estimate of drug-likeness (QED) is 0.0200. The highest BCUT2D eigenvalue weighted by Crippen LogP contribution is 2.33. The second kappa shape index (κ2) is 50.3. The summed E-state index contributed by atoms with van der Waals surface area (Å²) in [6, 6.07) is -0.990. The summed E-state index contributed by atoms with van der Waals surface area (Å²) < 4.78 is 34.3. The van der Waals surface area contributed by atoms with Crippen LogP contribution in [0.3, 0.4) is 0 Å². The van der Waals surface area contributed by atoms with Crippen LogP contribution in [-0.4, -0.2) is 193 Å². The van der Waals surface area contributed by atoms with Crippen LogP contribution in [0.25, 0.3) is 0 Å². The molecule has 0 radical (unpaired) electrons. The van der Waals surface area contributed by atoms with Crippen LogP contribution in [0.2, 0.25) is 0 Å². The zero-order valence-corrected chi connectivity index (χ0v) is 53.5. The van der Waals surface area contributed by atoms with Crippen molar-refractivity contribution in [1.82, 2.24) is 5.32 Å². The maximum Gasteiger partial charge on any atom is 0.220 e. The Bertz CT molecular complexity index is 1770. The molecule has 0 aliphatic carbocycles. The van der Waals surface area contributed by atoms with Gasteiger partial charge in [0, 0.05) is 6.42 Å². The fourth-order valence-corrected chi connectivity index (χ4v) is 11.5. The van der Waals surface area contributed by atoms with E-state index in [9.17, 15) is 61.0 Å². The first-order valence-corrected chi connectivity index (χ1v) is 34.4. The summed E-state index contributed by atoms with van der Waals surface area (Å²) in [6.45, 7) is 1.70. The Morgan fingerprint density at radius 2 is 0.770 bits per heavy atom. The van der Waals surface area contributed by atoms with E-state index >= 15 is 0 Å². The van der Waals surface area contributed by atoms with Gasteiger partial charge in [0.15, 0.2) is 18.9 Å². The summed E-state index contributed by atoms with van der Waals surface area (Å²) in [6.07, 6.45) is 32.4. The standard InChI is InChI=1S/C68H123NO18/c1-3-5-7-9-11-13-15-17-19-20-21-22-23-24-25-26-27-28-29-30-32-34-36-38-40-42-44-46-56(74)69-51(52(73)45-43-41-39-37-35-33-31-18-16-14-12-10-8-6-4-2)50-82-66-62(80)59(77)64(54(48-71)84-66)87-68-63(81)60(78)65(55(49-72)85-68)86-67-61(79)58(76)57(75)53(47-70)83-67/h15,17,20-21,35,37,43,45,51-55,57-68,70-73,75-81H,3-14,16,18-19,22-34,36,38-42,44,46-50H2,1-2H3,(H,69,74)/b17-15-,21-20-,37-35+,45-43+. The Balaban J connectivity index is 1.42. The smallest absolute Gasteiger partial charge is 0.220 e. The Labute approximate surface area is 523 Å². The molecule has 3 aliphatic heterocycles. The Morgan fingerprint density at radius 3 is 1.22 bits per heavy atom. The third kappa shape index (κ3) is 32.7. The number of aliphatic hydroxyl groups is 11. The molecule has 12 N–H and O–H groups in total. The minimum Gasteiger partial charge on any atom is -0.394 e. The van der Waals surface area contributed by atoms with Crippen molar-refractivity contribution >= 4 is 5.91 Å². The summed E-state index contributed by atoms with van der Waals surface area (Å²) in [4.78, 5) is 13.4. The van der Waals surface area contributed by atoms with Gasteiger partial charge in [-0.2, -0.15) is 0 Å². The Morgan fingerprint density at radius 1 is 0.414 bits per heavy atom. The third-order valence-corrected chi connectivity index (χ3v) is 17.1. The number of hydrogen-bond donors (Lipinski definition) is 12. The van der Waals surface area contributed by atoms with Crippen molar-refractivity contribution in [1.29, 1.82) is 0 Å². The molecule has 17 atom stereocenters. The number of allylic oxidation sites excluding steroid dienone is 7. The molecule has 508 valence electrons. The number of nitrogens with one attached hydrogen (secondary N) is 1. The average Bonchev–Trinajstić information content (AvgIpc) is 1.10. The largest absolute Gasteiger partial charge is 0.394 e. The van der Waals surface area contributed by atoms with E-state index in [0.29, 0.717) is 12.8 Å². The maximum atomic E-state index is 13.4. The second-order valence-electron chi connectivity index (χ2n) is 24.6. The van der Waals surface area contributed by atoms with Gasteiger partial charge in [0.1, 0.15) is 73.2 Å². The van der Waals surface area contributed by atoms with Crippen LogP contribution in [-0.2, 0) is 33.2 Å². The number of rotatable bonds is 52. The maximum absolute atomic E-state index is 13.4. The molecule has 0 aromatic heterocycles. The van der Waals surface area contributed by atoms with E-state index in [4.69, 9.17) is 28.4 Å². The minimum atomic E-state index is -1.98. The van der Waals surface area contributed by atoms with E-state index in [1.54, 1.807) is 6.08 Å². The predicted octanol–water partition coefficient (Wildman–Crippen LogP) is 8.61. The molecular formula is C68H123NO18. The fraction of sp³-hybridized carbons (Fsp3) is 0.868. The van der Waals surface area contributed by atoms with Gasteiger partial charge in [-0.3, -0.25) is 4.79 Å². The Hall–Kier alpha value is -2.25. The van der Waals surface area contributed by atoms with Gasteiger partial charge in [-0.15, -0.1) is 0 Å². The van der Waals surface area contributed by atoms with E-state index in [-0.39, 0.29) is 18.9 Å². The second-order valence-corrected chi connectivity index (χ2v) is 24.6. The lowest BCUT2D eigenvalue weighted by Crippen LogP contribution is -2.66. The number of unbranched alkanes of at least 4 members (excludes halogenated alkanes) is 30. The number of carbonyl (C=O) groups excluding carboxylic acids is 1. The summed E-state index contributed by atoms with van der Waals surface area (Å²) >= 11 is 0. The van der Waals surface area contributed by atoms with Crippen molar-refractivity contribution in [2.45, 2.75) is 349 Å². The highest BCUT2D eigenvalue weighted by Gasteiger charge is 2.53. The number of carbonyl (C=O) groups is 1. The molecule has 3 aliphatic rings. The summed E-state index contributed by atoms with van der Waals surface area (Å²) in [5, 5.41) is 120. The van der Waals surface area contributed by atoms with E-state index in [1.807, 2.05) is 6.08 Å². The molecule has 17 unspecified atom stereocenters. The van der Waals surface area contributed by atoms with Crippen molar-refractivity contribution in [3.8, 4) is 0 Å². The first-order valence-electron chi connectivity index (χ1n) is 34.4. The summed E-state index contributed by atoms with van der Waals surface area (Å²) in [5.74, 6) is -0.285. The van der Waals surface area contributed by atoms with Crippen LogP contribution in [0.1, 0.15) is 245 Å². The third-order valence-electron chi connectivity index (χ3n) is 17.1. The lowest BCUT2D eigenvalue weighted by atomic mass is 9.96. The van der Waals surface area contributed by atoms with Crippen LogP contribution in [0.4, 0.5) is 0 Å². The lowest BCUT2D eigenvalue weighted by Gasteiger charge is -2.48. The first-order chi connectivity index (χ1) is 42.3. The van der Waals surface area contributed by atoms with E-state index < -0.39 is 124 Å².